The highest BCUT2D eigenvalue weighted by Crippen LogP contribution is 2.13. The zero-order valence-electron chi connectivity index (χ0n) is 11.5. The summed E-state index contributed by atoms with van der Waals surface area (Å²) in [5.74, 6) is 0. The largest absolute Gasteiger partial charge is 0.373 e. The summed E-state index contributed by atoms with van der Waals surface area (Å²) in [7, 11) is 1.95. The van der Waals surface area contributed by atoms with E-state index in [1.165, 1.54) is 5.56 Å². The van der Waals surface area contributed by atoms with Crippen LogP contribution in [0.1, 0.15) is 25.1 Å². The summed E-state index contributed by atoms with van der Waals surface area (Å²) < 4.78 is 5.73. The minimum absolute atomic E-state index is 0.317. The van der Waals surface area contributed by atoms with E-state index in [9.17, 15) is 0 Å². The van der Waals surface area contributed by atoms with Crippen molar-refractivity contribution < 1.29 is 4.74 Å². The highest BCUT2D eigenvalue weighted by Gasteiger charge is 2.22. The molecule has 0 bridgehead atoms. The molecule has 0 spiro atoms. The maximum atomic E-state index is 5.73. The van der Waals surface area contributed by atoms with Crippen molar-refractivity contribution in [3.05, 3.63) is 29.6 Å². The monoisotopic (exact) mass is 249 g/mol. The third-order valence-corrected chi connectivity index (χ3v) is 3.15. The molecule has 1 aromatic rings. The van der Waals surface area contributed by atoms with Gasteiger partial charge in [0.15, 0.2) is 0 Å². The first-order chi connectivity index (χ1) is 8.67. The molecule has 1 fully saturated rings. The van der Waals surface area contributed by atoms with Gasteiger partial charge in [0.2, 0.25) is 0 Å². The van der Waals surface area contributed by atoms with Crippen LogP contribution >= 0.6 is 0 Å². The van der Waals surface area contributed by atoms with E-state index in [2.05, 4.69) is 41.2 Å². The fraction of sp³-hybridized carbons (Fsp3) is 0.643. The highest BCUT2D eigenvalue weighted by molar-refractivity contribution is 5.14. The van der Waals surface area contributed by atoms with Crippen molar-refractivity contribution in [1.82, 2.24) is 15.2 Å². The van der Waals surface area contributed by atoms with Crippen LogP contribution in [0.2, 0.25) is 0 Å². The van der Waals surface area contributed by atoms with Crippen LogP contribution in [0.3, 0.4) is 0 Å². The van der Waals surface area contributed by atoms with Gasteiger partial charge in [0.1, 0.15) is 0 Å². The van der Waals surface area contributed by atoms with Crippen molar-refractivity contribution >= 4 is 0 Å². The summed E-state index contributed by atoms with van der Waals surface area (Å²) in [6.45, 7) is 8.03. The molecule has 0 amide bonds. The van der Waals surface area contributed by atoms with Crippen LogP contribution in [-0.2, 0) is 17.8 Å². The van der Waals surface area contributed by atoms with Crippen LogP contribution in [0, 0.1) is 0 Å². The fourth-order valence-electron chi connectivity index (χ4n) is 2.50. The molecule has 1 N–H and O–H groups in total. The van der Waals surface area contributed by atoms with Gasteiger partial charge in [-0.05, 0) is 32.5 Å². The van der Waals surface area contributed by atoms with Gasteiger partial charge in [0, 0.05) is 32.4 Å². The second-order valence-corrected chi connectivity index (χ2v) is 5.14. The Bertz CT molecular complexity index is 356. The zero-order valence-corrected chi connectivity index (χ0v) is 11.5. The molecule has 2 heterocycles. The first-order valence-electron chi connectivity index (χ1n) is 6.63. The lowest BCUT2D eigenvalue weighted by Crippen LogP contribution is -2.44. The van der Waals surface area contributed by atoms with E-state index in [-0.39, 0.29) is 0 Å². The van der Waals surface area contributed by atoms with Crippen molar-refractivity contribution in [2.24, 2.45) is 0 Å². The van der Waals surface area contributed by atoms with Crippen LogP contribution in [0.4, 0.5) is 0 Å². The van der Waals surface area contributed by atoms with Crippen molar-refractivity contribution in [2.45, 2.75) is 39.1 Å². The smallest absolute Gasteiger partial charge is 0.0678 e. The molecule has 100 valence electrons. The predicted molar refractivity (Wildman–Crippen MR) is 72.3 cm³/mol. The van der Waals surface area contributed by atoms with Crippen LogP contribution in [-0.4, -0.2) is 42.2 Å². The first-order valence-corrected chi connectivity index (χ1v) is 6.63. The van der Waals surface area contributed by atoms with Crippen molar-refractivity contribution in [1.29, 1.82) is 0 Å². The molecule has 1 aliphatic heterocycles. The molecule has 4 heteroatoms. The van der Waals surface area contributed by atoms with Gasteiger partial charge < -0.3 is 10.1 Å². The van der Waals surface area contributed by atoms with Gasteiger partial charge in [0.05, 0.1) is 17.9 Å². The molecule has 1 aliphatic rings. The SMILES string of the molecule is CNCc1ccc(CN2C[C@@H](C)O[C@@H](C)C2)nc1. The fourth-order valence-corrected chi connectivity index (χ4v) is 2.50. The van der Waals surface area contributed by atoms with Crippen molar-refractivity contribution in [3.8, 4) is 0 Å². The van der Waals surface area contributed by atoms with Crippen LogP contribution in [0.25, 0.3) is 0 Å². The maximum Gasteiger partial charge on any atom is 0.0678 e. The topological polar surface area (TPSA) is 37.4 Å². The quantitative estimate of drug-likeness (QED) is 0.875. The van der Waals surface area contributed by atoms with Gasteiger partial charge in [-0.2, -0.15) is 0 Å². The molecule has 0 aromatic carbocycles. The summed E-state index contributed by atoms with van der Waals surface area (Å²) in [4.78, 5) is 6.93. The number of hydrogen-bond acceptors (Lipinski definition) is 4. The molecule has 0 saturated carbocycles. The number of nitrogens with zero attached hydrogens (tertiary/aromatic N) is 2. The minimum atomic E-state index is 0.317. The van der Waals surface area contributed by atoms with E-state index in [0.717, 1.165) is 31.9 Å². The molecule has 1 saturated heterocycles. The molecule has 0 radical (unpaired) electrons. The lowest BCUT2D eigenvalue weighted by atomic mass is 10.2. The average Bonchev–Trinajstić information content (AvgIpc) is 2.31. The molecule has 4 nitrogen and oxygen atoms in total. The summed E-state index contributed by atoms with van der Waals surface area (Å²) in [6.07, 6.45) is 2.59. The van der Waals surface area contributed by atoms with E-state index in [1.54, 1.807) is 0 Å². The molecule has 2 atom stereocenters. The number of ether oxygens (including phenoxy) is 1. The number of aromatic nitrogens is 1. The second-order valence-electron chi connectivity index (χ2n) is 5.14. The van der Waals surface area contributed by atoms with E-state index in [4.69, 9.17) is 4.74 Å². The highest BCUT2D eigenvalue weighted by atomic mass is 16.5. The normalized spacial score (nSPS) is 25.3. The Hall–Kier alpha value is -0.970. The third kappa shape index (κ3) is 3.77. The molecule has 0 unspecified atom stereocenters. The van der Waals surface area contributed by atoms with Crippen LogP contribution in [0.15, 0.2) is 18.3 Å². The molecule has 1 aromatic heterocycles. The molecule has 0 aliphatic carbocycles. The average molecular weight is 249 g/mol. The second kappa shape index (κ2) is 6.27. The number of morpholine rings is 1. The Morgan fingerprint density at radius 2 is 2.06 bits per heavy atom. The van der Waals surface area contributed by atoms with Crippen LogP contribution in [0.5, 0.6) is 0 Å². The van der Waals surface area contributed by atoms with Gasteiger partial charge in [-0.25, -0.2) is 0 Å². The van der Waals surface area contributed by atoms with Crippen molar-refractivity contribution in [3.63, 3.8) is 0 Å². The summed E-state index contributed by atoms with van der Waals surface area (Å²) in [6, 6.07) is 4.27. The maximum absolute atomic E-state index is 5.73. The minimum Gasteiger partial charge on any atom is -0.373 e. The van der Waals surface area contributed by atoms with Gasteiger partial charge in [-0.15, -0.1) is 0 Å². The Balaban J connectivity index is 1.92. The van der Waals surface area contributed by atoms with Gasteiger partial charge >= 0.3 is 0 Å². The van der Waals surface area contributed by atoms with Gasteiger partial charge in [-0.3, -0.25) is 9.88 Å². The third-order valence-electron chi connectivity index (χ3n) is 3.15. The van der Waals surface area contributed by atoms with Crippen molar-refractivity contribution in [2.75, 3.05) is 20.1 Å². The number of nitrogens with one attached hydrogen (secondary N) is 1. The Labute approximate surface area is 109 Å². The molecule has 18 heavy (non-hydrogen) atoms. The number of hydrogen-bond donors (Lipinski definition) is 1. The Morgan fingerprint density at radius 1 is 1.33 bits per heavy atom. The molecular formula is C14H23N3O. The van der Waals surface area contributed by atoms with E-state index < -0.39 is 0 Å². The summed E-state index contributed by atoms with van der Waals surface area (Å²) >= 11 is 0. The number of pyridine rings is 1. The molecular weight excluding hydrogens is 226 g/mol. The Kier molecular flexibility index (Phi) is 4.69. The predicted octanol–water partition coefficient (Wildman–Crippen LogP) is 1.41. The first kappa shape index (κ1) is 13.5. The number of rotatable bonds is 4. The van der Waals surface area contributed by atoms with Gasteiger partial charge in [-0.1, -0.05) is 6.07 Å². The standard InChI is InChI=1S/C14H23N3O/c1-11-8-17(9-12(2)18-11)10-14-5-4-13(6-15-3)7-16-14/h4-5,7,11-12,15H,6,8-10H2,1-3H3/t11-,12+. The summed E-state index contributed by atoms with van der Waals surface area (Å²) in [5, 5.41) is 3.13. The lowest BCUT2D eigenvalue weighted by Gasteiger charge is -2.35. The Morgan fingerprint density at radius 3 is 2.61 bits per heavy atom. The van der Waals surface area contributed by atoms with E-state index in [1.807, 2.05) is 13.2 Å². The van der Waals surface area contributed by atoms with E-state index in [0.29, 0.717) is 12.2 Å². The molecule has 2 rings (SSSR count). The summed E-state index contributed by atoms with van der Waals surface area (Å²) in [5.41, 5.74) is 2.36. The van der Waals surface area contributed by atoms with Gasteiger partial charge in [0.25, 0.3) is 0 Å². The lowest BCUT2D eigenvalue weighted by molar-refractivity contribution is -0.0707. The van der Waals surface area contributed by atoms with E-state index >= 15 is 0 Å². The van der Waals surface area contributed by atoms with Crippen LogP contribution < -0.4 is 5.32 Å². The zero-order chi connectivity index (χ0) is 13.0.